The number of hydrogen-bond donors (Lipinski definition) is 2. The topological polar surface area (TPSA) is 50.4 Å². The minimum atomic E-state index is 0.751. The summed E-state index contributed by atoms with van der Waals surface area (Å²) in [7, 11) is 1.76. The van der Waals surface area contributed by atoms with Crippen molar-refractivity contribution in [3.8, 4) is 11.8 Å². The number of thiophene rings is 1. The maximum absolute atomic E-state index is 5.91. The molecule has 3 N–H and O–H groups in total. The highest BCUT2D eigenvalue weighted by Crippen LogP contribution is 2.18. The molecule has 0 fully saturated rings. The Hall–Kier alpha value is -2.25. The maximum Gasteiger partial charge on any atom is 0.131 e. The Morgan fingerprint density at radius 2 is 2.24 bits per heavy atom. The van der Waals surface area contributed by atoms with Crippen molar-refractivity contribution >= 4 is 22.2 Å². The standard InChI is InChI=1S/C17H19N3S/c1-13-6-5-8-14(12-13)7-3-4-10-20-17(19-2)15-9-11-21-16(15)18/h5-6,8-9,11-12H,4,10,18H2,1-2H3,(H,19,20). The fourth-order valence-electron chi connectivity index (χ4n) is 1.94. The van der Waals surface area contributed by atoms with Gasteiger partial charge < -0.3 is 11.1 Å². The molecule has 0 aliphatic carbocycles. The number of hydrogen-bond acceptors (Lipinski definition) is 3. The average Bonchev–Trinajstić information content (AvgIpc) is 2.89. The van der Waals surface area contributed by atoms with Gasteiger partial charge in [-0.1, -0.05) is 24.0 Å². The Morgan fingerprint density at radius 3 is 2.90 bits per heavy atom. The molecule has 4 heteroatoms. The zero-order valence-electron chi connectivity index (χ0n) is 12.3. The first-order chi connectivity index (χ1) is 10.2. The normalized spacial score (nSPS) is 10.9. The van der Waals surface area contributed by atoms with E-state index in [1.807, 2.05) is 23.6 Å². The average molecular weight is 297 g/mol. The molecule has 0 aliphatic rings. The lowest BCUT2D eigenvalue weighted by Gasteiger charge is -2.06. The van der Waals surface area contributed by atoms with Crippen LogP contribution in [0, 0.1) is 18.8 Å². The SMILES string of the molecule is CN=C(NCCC#Cc1cccc(C)c1)c1ccsc1N. The molecule has 0 aliphatic heterocycles. The summed E-state index contributed by atoms with van der Waals surface area (Å²) in [6.45, 7) is 2.82. The van der Waals surface area contributed by atoms with Gasteiger partial charge in [0.1, 0.15) is 5.84 Å². The van der Waals surface area contributed by atoms with Gasteiger partial charge in [0.2, 0.25) is 0 Å². The van der Waals surface area contributed by atoms with Crippen molar-refractivity contribution in [2.75, 3.05) is 19.3 Å². The molecule has 0 amide bonds. The van der Waals surface area contributed by atoms with Crippen LogP contribution in [-0.4, -0.2) is 19.4 Å². The number of nitrogens with two attached hydrogens (primary N) is 1. The zero-order chi connectivity index (χ0) is 15.1. The minimum Gasteiger partial charge on any atom is -0.390 e. The fourth-order valence-corrected chi connectivity index (χ4v) is 2.58. The van der Waals surface area contributed by atoms with Crippen molar-refractivity contribution in [2.24, 2.45) is 4.99 Å². The zero-order valence-corrected chi connectivity index (χ0v) is 13.1. The van der Waals surface area contributed by atoms with Crippen molar-refractivity contribution in [3.63, 3.8) is 0 Å². The van der Waals surface area contributed by atoms with E-state index in [4.69, 9.17) is 5.73 Å². The van der Waals surface area contributed by atoms with E-state index in [-0.39, 0.29) is 0 Å². The monoisotopic (exact) mass is 297 g/mol. The van der Waals surface area contributed by atoms with E-state index in [1.54, 1.807) is 7.05 Å². The van der Waals surface area contributed by atoms with Crippen LogP contribution in [0.3, 0.4) is 0 Å². The van der Waals surface area contributed by atoms with Gasteiger partial charge in [0.15, 0.2) is 0 Å². The third kappa shape index (κ3) is 4.37. The molecular weight excluding hydrogens is 278 g/mol. The molecule has 0 bridgehead atoms. The third-order valence-corrected chi connectivity index (χ3v) is 3.71. The second-order valence-electron chi connectivity index (χ2n) is 4.62. The highest BCUT2D eigenvalue weighted by molar-refractivity contribution is 7.14. The molecule has 2 rings (SSSR count). The van der Waals surface area contributed by atoms with Crippen LogP contribution in [0.25, 0.3) is 0 Å². The molecule has 0 radical (unpaired) electrons. The van der Waals surface area contributed by atoms with E-state index in [1.165, 1.54) is 16.9 Å². The number of nitrogens with zero attached hydrogens (tertiary/aromatic N) is 1. The van der Waals surface area contributed by atoms with Crippen molar-refractivity contribution < 1.29 is 0 Å². The second-order valence-corrected chi connectivity index (χ2v) is 5.57. The molecule has 0 saturated carbocycles. The Morgan fingerprint density at radius 1 is 1.38 bits per heavy atom. The Kier molecular flexibility index (Phi) is 5.42. The number of nitrogens with one attached hydrogen (secondary N) is 1. The van der Waals surface area contributed by atoms with Crippen LogP contribution in [0.5, 0.6) is 0 Å². The minimum absolute atomic E-state index is 0.751. The van der Waals surface area contributed by atoms with Crippen LogP contribution in [0.4, 0.5) is 5.00 Å². The molecule has 0 saturated heterocycles. The van der Waals surface area contributed by atoms with Crippen LogP contribution in [0.2, 0.25) is 0 Å². The van der Waals surface area contributed by atoms with Gasteiger partial charge in [-0.25, -0.2) is 0 Å². The molecule has 3 nitrogen and oxygen atoms in total. The van der Waals surface area contributed by atoms with Gasteiger partial charge in [-0.15, -0.1) is 11.3 Å². The second kappa shape index (κ2) is 7.51. The van der Waals surface area contributed by atoms with Gasteiger partial charge in [0.25, 0.3) is 0 Å². The molecule has 1 aromatic heterocycles. The molecule has 21 heavy (non-hydrogen) atoms. The van der Waals surface area contributed by atoms with Crippen molar-refractivity contribution in [1.29, 1.82) is 0 Å². The predicted octanol–water partition coefficient (Wildman–Crippen LogP) is 3.05. The quantitative estimate of drug-likeness (QED) is 0.396. The molecular formula is C17H19N3S. The van der Waals surface area contributed by atoms with Crippen LogP contribution in [0.15, 0.2) is 40.7 Å². The van der Waals surface area contributed by atoms with Crippen molar-refractivity contribution in [2.45, 2.75) is 13.3 Å². The van der Waals surface area contributed by atoms with Gasteiger partial charge in [-0.2, -0.15) is 0 Å². The Balaban J connectivity index is 1.86. The Labute approximate surface area is 129 Å². The van der Waals surface area contributed by atoms with Crippen LogP contribution in [0.1, 0.15) is 23.1 Å². The largest absolute Gasteiger partial charge is 0.390 e. The summed E-state index contributed by atoms with van der Waals surface area (Å²) < 4.78 is 0. The third-order valence-electron chi connectivity index (χ3n) is 2.97. The predicted molar refractivity (Wildman–Crippen MR) is 91.9 cm³/mol. The van der Waals surface area contributed by atoms with Crippen molar-refractivity contribution in [1.82, 2.24) is 5.32 Å². The summed E-state index contributed by atoms with van der Waals surface area (Å²) in [4.78, 5) is 4.24. The number of nitrogen functional groups attached to an aromatic ring is 1. The van der Waals surface area contributed by atoms with Crippen LogP contribution >= 0.6 is 11.3 Å². The molecule has 1 aromatic carbocycles. The number of aryl methyl sites for hydroxylation is 1. The summed E-state index contributed by atoms with van der Waals surface area (Å²) in [5.74, 6) is 7.17. The maximum atomic E-state index is 5.91. The first-order valence-corrected chi connectivity index (χ1v) is 7.68. The van der Waals surface area contributed by atoms with E-state index in [0.717, 1.165) is 34.9 Å². The van der Waals surface area contributed by atoms with E-state index in [0.29, 0.717) is 0 Å². The fraction of sp³-hybridized carbons (Fsp3) is 0.235. The van der Waals surface area contributed by atoms with E-state index >= 15 is 0 Å². The number of aliphatic imine (C=N–C) groups is 1. The number of benzene rings is 1. The lowest BCUT2D eigenvalue weighted by atomic mass is 10.1. The Bertz CT molecular complexity index is 689. The molecule has 0 spiro atoms. The first kappa shape index (κ1) is 15.1. The van der Waals surface area contributed by atoms with Crippen LogP contribution in [-0.2, 0) is 0 Å². The van der Waals surface area contributed by atoms with Crippen LogP contribution < -0.4 is 11.1 Å². The summed E-state index contributed by atoms with van der Waals surface area (Å²) in [6, 6.07) is 10.2. The van der Waals surface area contributed by atoms with Crippen molar-refractivity contribution in [3.05, 3.63) is 52.4 Å². The molecule has 0 unspecified atom stereocenters. The molecule has 0 atom stereocenters. The van der Waals surface area contributed by atoms with E-state index in [9.17, 15) is 0 Å². The van der Waals surface area contributed by atoms with Gasteiger partial charge in [-0.05, 0) is 36.1 Å². The van der Waals surface area contributed by atoms with Gasteiger partial charge in [0, 0.05) is 25.6 Å². The highest BCUT2D eigenvalue weighted by Gasteiger charge is 2.06. The van der Waals surface area contributed by atoms with Gasteiger partial charge >= 0.3 is 0 Å². The summed E-state index contributed by atoms with van der Waals surface area (Å²) in [5, 5.41) is 6.04. The number of amidine groups is 1. The van der Waals surface area contributed by atoms with E-state index in [2.05, 4.69) is 41.2 Å². The number of anilines is 1. The lowest BCUT2D eigenvalue weighted by molar-refractivity contribution is 0.902. The van der Waals surface area contributed by atoms with Gasteiger partial charge in [-0.3, -0.25) is 4.99 Å². The molecule has 1 heterocycles. The van der Waals surface area contributed by atoms with E-state index < -0.39 is 0 Å². The first-order valence-electron chi connectivity index (χ1n) is 6.80. The smallest absolute Gasteiger partial charge is 0.131 e. The highest BCUT2D eigenvalue weighted by atomic mass is 32.1. The summed E-state index contributed by atoms with van der Waals surface area (Å²) in [5.41, 5.74) is 9.16. The molecule has 2 aromatic rings. The van der Waals surface area contributed by atoms with Gasteiger partial charge in [0.05, 0.1) is 10.6 Å². The summed E-state index contributed by atoms with van der Waals surface area (Å²) >= 11 is 1.52. The molecule has 108 valence electrons. The number of rotatable bonds is 3. The summed E-state index contributed by atoms with van der Waals surface area (Å²) in [6.07, 6.45) is 0.761. The lowest BCUT2D eigenvalue weighted by Crippen LogP contribution is -2.25.